The highest BCUT2D eigenvalue weighted by Crippen LogP contribution is 2.15. The molecule has 1 atom stereocenters. The van der Waals surface area contributed by atoms with Crippen molar-refractivity contribution in [3.8, 4) is 0 Å². The molecular weight excluding hydrogens is 204 g/mol. The Balaban J connectivity index is 3.84. The van der Waals surface area contributed by atoms with Crippen molar-refractivity contribution < 1.29 is 9.90 Å². The van der Waals surface area contributed by atoms with Crippen molar-refractivity contribution in [1.29, 1.82) is 0 Å². The highest BCUT2D eigenvalue weighted by atomic mass is 16.3. The average molecular weight is 230 g/mol. The van der Waals surface area contributed by atoms with Gasteiger partial charge in [-0.2, -0.15) is 0 Å². The molecule has 0 saturated carbocycles. The summed E-state index contributed by atoms with van der Waals surface area (Å²) in [6.45, 7) is 10.1. The second-order valence-electron chi connectivity index (χ2n) is 5.41. The van der Waals surface area contributed by atoms with Crippen molar-refractivity contribution in [2.75, 3.05) is 6.54 Å². The van der Waals surface area contributed by atoms with E-state index in [1.165, 1.54) is 0 Å². The van der Waals surface area contributed by atoms with Gasteiger partial charge in [0.15, 0.2) is 0 Å². The average Bonchev–Trinajstić information content (AvgIpc) is 2.11. The molecule has 0 aliphatic heterocycles. The van der Waals surface area contributed by atoms with Crippen LogP contribution >= 0.6 is 0 Å². The van der Waals surface area contributed by atoms with Crippen LogP contribution in [0.25, 0.3) is 0 Å². The van der Waals surface area contributed by atoms with Gasteiger partial charge in [-0.15, -0.1) is 0 Å². The third-order valence-electron chi connectivity index (χ3n) is 2.31. The minimum Gasteiger partial charge on any atom is -0.388 e. The first kappa shape index (κ1) is 15.2. The lowest BCUT2D eigenvalue weighted by molar-refractivity contribution is 0.0476. The first-order chi connectivity index (χ1) is 7.23. The molecule has 0 bridgehead atoms. The van der Waals surface area contributed by atoms with Gasteiger partial charge in [-0.25, -0.2) is 4.79 Å². The van der Waals surface area contributed by atoms with Crippen molar-refractivity contribution in [3.05, 3.63) is 0 Å². The topological polar surface area (TPSA) is 61.4 Å². The van der Waals surface area contributed by atoms with Gasteiger partial charge in [-0.05, 0) is 39.5 Å². The molecule has 1 unspecified atom stereocenters. The van der Waals surface area contributed by atoms with Gasteiger partial charge in [0, 0.05) is 12.6 Å². The van der Waals surface area contributed by atoms with Gasteiger partial charge in [0.05, 0.1) is 5.60 Å². The van der Waals surface area contributed by atoms with E-state index in [0.29, 0.717) is 12.3 Å². The van der Waals surface area contributed by atoms with Gasteiger partial charge in [0.25, 0.3) is 0 Å². The third-order valence-corrected chi connectivity index (χ3v) is 2.31. The molecule has 96 valence electrons. The molecule has 0 aliphatic rings. The molecule has 16 heavy (non-hydrogen) atoms. The Morgan fingerprint density at radius 2 is 1.88 bits per heavy atom. The zero-order valence-corrected chi connectivity index (χ0v) is 11.1. The van der Waals surface area contributed by atoms with E-state index in [0.717, 1.165) is 6.42 Å². The summed E-state index contributed by atoms with van der Waals surface area (Å²) in [5, 5.41) is 15.4. The number of urea groups is 1. The normalized spacial score (nSPS) is 15.0. The van der Waals surface area contributed by atoms with Gasteiger partial charge < -0.3 is 15.7 Å². The molecule has 4 nitrogen and oxygen atoms in total. The third kappa shape index (κ3) is 8.53. The van der Waals surface area contributed by atoms with Crippen molar-refractivity contribution >= 4 is 6.03 Å². The molecule has 0 aromatic carbocycles. The molecule has 0 fully saturated rings. The molecule has 0 heterocycles. The van der Waals surface area contributed by atoms with Crippen LogP contribution in [-0.4, -0.2) is 29.3 Å². The molecule has 0 rings (SSSR count). The second kappa shape index (κ2) is 6.74. The fraction of sp³-hybridized carbons (Fsp3) is 0.917. The standard InChI is InChI=1S/C12H26N2O2/c1-9(2)6-7-12(5,16)8-13-11(15)14-10(3)4/h9-10,16H,6-8H2,1-5H3,(H2,13,14,15). The number of rotatable bonds is 6. The lowest BCUT2D eigenvalue weighted by atomic mass is 9.95. The zero-order chi connectivity index (χ0) is 12.8. The maximum Gasteiger partial charge on any atom is 0.315 e. The van der Waals surface area contributed by atoms with Crippen molar-refractivity contribution in [2.45, 2.75) is 59.1 Å². The molecule has 0 aromatic rings. The van der Waals surface area contributed by atoms with Crippen LogP contribution in [0.2, 0.25) is 0 Å². The molecule has 0 spiro atoms. The van der Waals surface area contributed by atoms with Crippen LogP contribution in [0, 0.1) is 5.92 Å². The maximum absolute atomic E-state index is 11.3. The Labute approximate surface area is 98.8 Å². The predicted molar refractivity (Wildman–Crippen MR) is 66.4 cm³/mol. The number of nitrogens with one attached hydrogen (secondary N) is 2. The summed E-state index contributed by atoms with van der Waals surface area (Å²) < 4.78 is 0. The fourth-order valence-electron chi connectivity index (χ4n) is 1.27. The fourth-order valence-corrected chi connectivity index (χ4v) is 1.27. The largest absolute Gasteiger partial charge is 0.388 e. The molecule has 0 aromatic heterocycles. The second-order valence-corrected chi connectivity index (χ2v) is 5.41. The van der Waals surface area contributed by atoms with E-state index in [9.17, 15) is 9.90 Å². The van der Waals surface area contributed by atoms with Crippen LogP contribution in [0.4, 0.5) is 4.79 Å². The molecule has 4 heteroatoms. The number of amides is 2. The highest BCUT2D eigenvalue weighted by Gasteiger charge is 2.21. The van der Waals surface area contributed by atoms with Crippen LogP contribution in [0.15, 0.2) is 0 Å². The minimum atomic E-state index is -0.821. The van der Waals surface area contributed by atoms with E-state index < -0.39 is 5.60 Å². The Bertz CT molecular complexity index is 213. The number of carbonyl (C=O) groups is 1. The molecule has 0 saturated heterocycles. The highest BCUT2D eigenvalue weighted by molar-refractivity contribution is 5.74. The number of hydrogen-bond donors (Lipinski definition) is 3. The number of carbonyl (C=O) groups excluding carboxylic acids is 1. The van der Waals surface area contributed by atoms with Crippen LogP contribution in [0.1, 0.15) is 47.5 Å². The summed E-state index contributed by atoms with van der Waals surface area (Å²) >= 11 is 0. The summed E-state index contributed by atoms with van der Waals surface area (Å²) in [4.78, 5) is 11.3. The van der Waals surface area contributed by atoms with Crippen molar-refractivity contribution in [3.63, 3.8) is 0 Å². The van der Waals surface area contributed by atoms with Crippen LogP contribution in [0.5, 0.6) is 0 Å². The van der Waals surface area contributed by atoms with Gasteiger partial charge in [0.2, 0.25) is 0 Å². The predicted octanol–water partition coefficient (Wildman–Crippen LogP) is 1.88. The van der Waals surface area contributed by atoms with Crippen LogP contribution < -0.4 is 10.6 Å². The van der Waals surface area contributed by atoms with E-state index in [1.807, 2.05) is 13.8 Å². The van der Waals surface area contributed by atoms with Gasteiger partial charge >= 0.3 is 6.03 Å². The summed E-state index contributed by atoms with van der Waals surface area (Å²) in [5.74, 6) is 0.566. The molecule has 2 amide bonds. The van der Waals surface area contributed by atoms with Gasteiger partial charge in [-0.1, -0.05) is 13.8 Å². The molecule has 0 radical (unpaired) electrons. The first-order valence-electron chi connectivity index (χ1n) is 5.99. The Kier molecular flexibility index (Phi) is 6.41. The smallest absolute Gasteiger partial charge is 0.315 e. The minimum absolute atomic E-state index is 0.112. The van der Waals surface area contributed by atoms with Crippen LogP contribution in [0.3, 0.4) is 0 Å². The lowest BCUT2D eigenvalue weighted by Gasteiger charge is -2.24. The molecular formula is C12H26N2O2. The molecule has 0 aliphatic carbocycles. The Morgan fingerprint density at radius 1 is 1.31 bits per heavy atom. The quantitative estimate of drug-likeness (QED) is 0.652. The number of aliphatic hydroxyl groups is 1. The summed E-state index contributed by atoms with van der Waals surface area (Å²) in [6.07, 6.45) is 1.66. The zero-order valence-electron chi connectivity index (χ0n) is 11.1. The van der Waals surface area contributed by atoms with Crippen molar-refractivity contribution in [1.82, 2.24) is 10.6 Å². The van der Waals surface area contributed by atoms with Gasteiger partial charge in [-0.3, -0.25) is 0 Å². The van der Waals surface area contributed by atoms with Gasteiger partial charge in [0.1, 0.15) is 0 Å². The maximum atomic E-state index is 11.3. The van der Waals surface area contributed by atoms with E-state index >= 15 is 0 Å². The summed E-state index contributed by atoms with van der Waals surface area (Å²) in [5.41, 5.74) is -0.821. The summed E-state index contributed by atoms with van der Waals surface area (Å²) in [7, 11) is 0. The lowest BCUT2D eigenvalue weighted by Crippen LogP contribution is -2.46. The Morgan fingerprint density at radius 3 is 2.31 bits per heavy atom. The monoisotopic (exact) mass is 230 g/mol. The SMILES string of the molecule is CC(C)CCC(C)(O)CNC(=O)NC(C)C. The van der Waals surface area contributed by atoms with E-state index in [2.05, 4.69) is 24.5 Å². The van der Waals surface area contributed by atoms with E-state index in [-0.39, 0.29) is 18.6 Å². The number of hydrogen-bond acceptors (Lipinski definition) is 2. The Hall–Kier alpha value is -0.770. The van der Waals surface area contributed by atoms with E-state index in [1.54, 1.807) is 6.92 Å². The van der Waals surface area contributed by atoms with Crippen LogP contribution in [-0.2, 0) is 0 Å². The first-order valence-corrected chi connectivity index (χ1v) is 5.99. The van der Waals surface area contributed by atoms with E-state index in [4.69, 9.17) is 0 Å². The van der Waals surface area contributed by atoms with Crippen molar-refractivity contribution in [2.24, 2.45) is 5.92 Å². The summed E-state index contributed by atoms with van der Waals surface area (Å²) in [6, 6.07) is -0.111. The molecule has 3 N–H and O–H groups in total.